The van der Waals surface area contributed by atoms with E-state index in [2.05, 4.69) is 70.5 Å². The smallest absolute Gasteiger partial charge is 0.299 e. The zero-order chi connectivity index (χ0) is 23.3. The zero-order valence-corrected chi connectivity index (χ0v) is 19.5. The Morgan fingerprint density at radius 3 is 1.85 bits per heavy atom. The van der Waals surface area contributed by atoms with Crippen molar-refractivity contribution in [1.29, 1.82) is 0 Å². The standard InChI is InChI=1S/C29H31N3O2/c33-28-25-15-7-8-16-26(25)32(29(28)34)18-10-9-17-30-19-21-31(22-20-30)27(23-11-3-1-4-12-23)24-13-5-2-6-14-24/h1-8,11-16,27H,9-10,17-22H2. The molecule has 0 unspecified atom stereocenters. The molecule has 3 aromatic carbocycles. The van der Waals surface area contributed by atoms with E-state index in [0.29, 0.717) is 12.1 Å². The molecule has 1 amide bonds. The van der Waals surface area contributed by atoms with Gasteiger partial charge in [-0.1, -0.05) is 72.8 Å². The first-order valence-electron chi connectivity index (χ1n) is 12.2. The number of hydrogen-bond acceptors (Lipinski definition) is 4. The molecule has 0 N–H and O–H groups in total. The Morgan fingerprint density at radius 2 is 1.21 bits per heavy atom. The van der Waals surface area contributed by atoms with E-state index in [0.717, 1.165) is 51.3 Å². The van der Waals surface area contributed by atoms with Crippen LogP contribution >= 0.6 is 0 Å². The third-order valence-corrected chi connectivity index (χ3v) is 6.99. The molecule has 2 aliphatic heterocycles. The largest absolute Gasteiger partial charge is 0.305 e. The second-order valence-electron chi connectivity index (χ2n) is 9.11. The van der Waals surface area contributed by atoms with Crippen LogP contribution in [0.25, 0.3) is 0 Å². The van der Waals surface area contributed by atoms with Gasteiger partial charge in [-0.2, -0.15) is 0 Å². The highest BCUT2D eigenvalue weighted by atomic mass is 16.2. The second kappa shape index (κ2) is 10.3. The fourth-order valence-electron chi connectivity index (χ4n) is 5.21. The average Bonchev–Trinajstić information content (AvgIpc) is 3.14. The van der Waals surface area contributed by atoms with Crippen LogP contribution in [0.15, 0.2) is 84.9 Å². The first kappa shape index (κ1) is 22.5. The fraction of sp³-hybridized carbons (Fsp3) is 0.310. The molecular weight excluding hydrogens is 422 g/mol. The Morgan fingerprint density at radius 1 is 0.647 bits per heavy atom. The molecule has 0 aliphatic carbocycles. The molecule has 34 heavy (non-hydrogen) atoms. The molecule has 0 atom stereocenters. The van der Waals surface area contributed by atoms with E-state index in [4.69, 9.17) is 0 Å². The van der Waals surface area contributed by atoms with Crippen molar-refractivity contribution < 1.29 is 9.59 Å². The third-order valence-electron chi connectivity index (χ3n) is 6.99. The van der Waals surface area contributed by atoms with Gasteiger partial charge in [0.25, 0.3) is 11.7 Å². The van der Waals surface area contributed by atoms with Crippen LogP contribution in [0.2, 0.25) is 0 Å². The number of para-hydroxylation sites is 1. The number of ketones is 1. The number of fused-ring (bicyclic) bond motifs is 1. The number of amides is 1. The van der Waals surface area contributed by atoms with Gasteiger partial charge in [0, 0.05) is 32.7 Å². The van der Waals surface area contributed by atoms with Gasteiger partial charge < -0.3 is 9.80 Å². The first-order valence-corrected chi connectivity index (χ1v) is 12.2. The van der Waals surface area contributed by atoms with E-state index in [1.54, 1.807) is 11.0 Å². The lowest BCUT2D eigenvalue weighted by atomic mass is 9.96. The summed E-state index contributed by atoms with van der Waals surface area (Å²) >= 11 is 0. The Bertz CT molecular complexity index is 1080. The maximum absolute atomic E-state index is 12.4. The topological polar surface area (TPSA) is 43.9 Å². The van der Waals surface area contributed by atoms with Crippen LogP contribution in [-0.4, -0.2) is 60.8 Å². The predicted molar refractivity (Wildman–Crippen MR) is 135 cm³/mol. The molecule has 0 radical (unpaired) electrons. The molecule has 1 fully saturated rings. The van der Waals surface area contributed by atoms with Crippen molar-refractivity contribution >= 4 is 17.4 Å². The number of carbonyl (C=O) groups excluding carboxylic acids is 2. The monoisotopic (exact) mass is 453 g/mol. The average molecular weight is 454 g/mol. The summed E-state index contributed by atoms with van der Waals surface area (Å²) in [5.74, 6) is -0.763. The normalized spacial score (nSPS) is 16.9. The van der Waals surface area contributed by atoms with Crippen molar-refractivity contribution in [3.8, 4) is 0 Å². The number of nitrogens with zero attached hydrogens (tertiary/aromatic N) is 3. The van der Waals surface area contributed by atoms with Gasteiger partial charge in [-0.05, 0) is 42.6 Å². The number of piperazine rings is 1. The van der Waals surface area contributed by atoms with E-state index >= 15 is 0 Å². The second-order valence-corrected chi connectivity index (χ2v) is 9.11. The van der Waals surface area contributed by atoms with Crippen LogP contribution in [-0.2, 0) is 4.79 Å². The minimum absolute atomic E-state index is 0.281. The molecule has 0 bridgehead atoms. The summed E-state index contributed by atoms with van der Waals surface area (Å²) in [5, 5.41) is 0. The number of unbranched alkanes of at least 4 members (excludes halogenated alkanes) is 1. The summed E-state index contributed by atoms with van der Waals surface area (Å²) in [5.41, 5.74) is 3.98. The number of rotatable bonds is 8. The van der Waals surface area contributed by atoms with Gasteiger partial charge >= 0.3 is 0 Å². The van der Waals surface area contributed by atoms with E-state index in [9.17, 15) is 9.59 Å². The minimum Gasteiger partial charge on any atom is -0.305 e. The minimum atomic E-state index is -0.386. The highest BCUT2D eigenvalue weighted by molar-refractivity contribution is 6.52. The van der Waals surface area contributed by atoms with Crippen LogP contribution in [0.4, 0.5) is 5.69 Å². The summed E-state index contributed by atoms with van der Waals surface area (Å²) in [6.45, 7) is 5.76. The molecule has 5 nitrogen and oxygen atoms in total. The zero-order valence-electron chi connectivity index (χ0n) is 19.5. The summed E-state index contributed by atoms with van der Waals surface area (Å²) in [7, 11) is 0. The molecule has 5 rings (SSSR count). The van der Waals surface area contributed by atoms with Gasteiger partial charge in [-0.15, -0.1) is 0 Å². The number of anilines is 1. The Balaban J connectivity index is 1.13. The van der Waals surface area contributed by atoms with Crippen molar-refractivity contribution in [2.45, 2.75) is 18.9 Å². The summed E-state index contributed by atoms with van der Waals surface area (Å²) in [6, 6.07) is 29.2. The highest BCUT2D eigenvalue weighted by Gasteiger charge is 2.34. The number of hydrogen-bond donors (Lipinski definition) is 0. The Labute approximate surface area is 201 Å². The number of benzene rings is 3. The maximum Gasteiger partial charge on any atom is 0.299 e. The molecule has 0 saturated carbocycles. The first-order chi connectivity index (χ1) is 16.7. The summed E-state index contributed by atoms with van der Waals surface area (Å²) < 4.78 is 0. The molecule has 3 aromatic rings. The molecule has 5 heteroatoms. The lowest BCUT2D eigenvalue weighted by Crippen LogP contribution is -2.48. The van der Waals surface area contributed by atoms with Crippen LogP contribution in [0.1, 0.15) is 40.4 Å². The Hall–Kier alpha value is -3.28. The molecule has 2 aliphatic rings. The van der Waals surface area contributed by atoms with Crippen molar-refractivity contribution in [3.05, 3.63) is 102 Å². The lowest BCUT2D eigenvalue weighted by molar-refractivity contribution is -0.114. The van der Waals surface area contributed by atoms with E-state index in [1.807, 2.05) is 18.2 Å². The highest BCUT2D eigenvalue weighted by Crippen LogP contribution is 2.30. The summed E-state index contributed by atoms with van der Waals surface area (Å²) in [4.78, 5) is 31.3. The van der Waals surface area contributed by atoms with Crippen molar-refractivity contribution in [3.63, 3.8) is 0 Å². The molecule has 0 aromatic heterocycles. The fourth-order valence-corrected chi connectivity index (χ4v) is 5.21. The lowest BCUT2D eigenvalue weighted by Gasteiger charge is -2.40. The third kappa shape index (κ3) is 4.67. The summed E-state index contributed by atoms with van der Waals surface area (Å²) in [6.07, 6.45) is 1.91. The number of Topliss-reactive ketones (excluding diaryl/α,β-unsaturated/α-hetero) is 1. The van der Waals surface area contributed by atoms with E-state index < -0.39 is 0 Å². The van der Waals surface area contributed by atoms with Gasteiger partial charge in [0.15, 0.2) is 0 Å². The van der Waals surface area contributed by atoms with Crippen molar-refractivity contribution in [1.82, 2.24) is 9.80 Å². The SMILES string of the molecule is O=C1C(=O)N(CCCCN2CCN(C(c3ccccc3)c3ccccc3)CC2)c2ccccc21. The van der Waals surface area contributed by atoms with Crippen molar-refractivity contribution in [2.24, 2.45) is 0 Å². The van der Waals surface area contributed by atoms with E-state index in [-0.39, 0.29) is 17.7 Å². The quantitative estimate of drug-likeness (QED) is 0.375. The van der Waals surface area contributed by atoms with Gasteiger partial charge in [-0.25, -0.2) is 0 Å². The van der Waals surface area contributed by atoms with E-state index in [1.165, 1.54) is 11.1 Å². The molecule has 2 heterocycles. The molecule has 1 saturated heterocycles. The Kier molecular flexibility index (Phi) is 6.84. The van der Waals surface area contributed by atoms with Gasteiger partial charge in [0.05, 0.1) is 17.3 Å². The van der Waals surface area contributed by atoms with Gasteiger partial charge in [0.2, 0.25) is 0 Å². The molecular formula is C29H31N3O2. The van der Waals surface area contributed by atoms with Crippen LogP contribution in [0, 0.1) is 0 Å². The van der Waals surface area contributed by atoms with Crippen LogP contribution in [0.5, 0.6) is 0 Å². The maximum atomic E-state index is 12.4. The predicted octanol–water partition coefficient (Wildman–Crippen LogP) is 4.40. The van der Waals surface area contributed by atoms with Crippen molar-refractivity contribution in [2.75, 3.05) is 44.2 Å². The van der Waals surface area contributed by atoms with Gasteiger partial charge in [0.1, 0.15) is 0 Å². The number of carbonyl (C=O) groups is 2. The van der Waals surface area contributed by atoms with Crippen LogP contribution in [0.3, 0.4) is 0 Å². The molecule has 0 spiro atoms. The molecule has 174 valence electrons. The van der Waals surface area contributed by atoms with Crippen LogP contribution < -0.4 is 4.90 Å². The van der Waals surface area contributed by atoms with Gasteiger partial charge in [-0.3, -0.25) is 14.5 Å².